The van der Waals surface area contributed by atoms with Crippen molar-refractivity contribution in [1.82, 2.24) is 5.32 Å². The van der Waals surface area contributed by atoms with Crippen molar-refractivity contribution in [3.63, 3.8) is 0 Å². The number of benzene rings is 1. The van der Waals surface area contributed by atoms with Crippen molar-refractivity contribution in [2.75, 3.05) is 0 Å². The highest BCUT2D eigenvalue weighted by Crippen LogP contribution is 2.30. The van der Waals surface area contributed by atoms with Gasteiger partial charge < -0.3 is 9.73 Å². The Labute approximate surface area is 111 Å². The smallest absolute Gasteiger partial charge is 0.170 e. The quantitative estimate of drug-likeness (QED) is 0.880. The van der Waals surface area contributed by atoms with Crippen molar-refractivity contribution in [2.45, 2.75) is 46.2 Å². The summed E-state index contributed by atoms with van der Waals surface area (Å²) in [5.41, 5.74) is 1.06. The molecule has 0 aliphatic heterocycles. The monoisotopic (exact) mass is 267 g/mol. The lowest BCUT2D eigenvalue weighted by Crippen LogP contribution is -2.22. The van der Waals surface area contributed by atoms with Crippen LogP contribution in [0.1, 0.15) is 38.5 Å². The molecular weight excluding hydrogens is 248 g/mol. The van der Waals surface area contributed by atoms with Crippen LogP contribution in [0.4, 0.5) is 8.78 Å². The average Bonchev–Trinajstić information content (AvgIpc) is 2.66. The van der Waals surface area contributed by atoms with Gasteiger partial charge >= 0.3 is 0 Å². The Balaban J connectivity index is 2.50. The van der Waals surface area contributed by atoms with E-state index in [4.69, 9.17) is 4.42 Å². The molecule has 0 aliphatic rings. The van der Waals surface area contributed by atoms with Crippen LogP contribution in [-0.4, -0.2) is 6.04 Å². The summed E-state index contributed by atoms with van der Waals surface area (Å²) in [6.07, 6.45) is 1.66. The fraction of sp³-hybridized carbons (Fsp3) is 0.467. The summed E-state index contributed by atoms with van der Waals surface area (Å²) < 4.78 is 32.7. The van der Waals surface area contributed by atoms with Crippen molar-refractivity contribution in [1.29, 1.82) is 0 Å². The largest absolute Gasteiger partial charge is 0.456 e. The predicted molar refractivity (Wildman–Crippen MR) is 72.1 cm³/mol. The Hall–Kier alpha value is -1.42. The summed E-state index contributed by atoms with van der Waals surface area (Å²) in [6, 6.07) is 2.52. The number of rotatable bonds is 5. The fourth-order valence-corrected chi connectivity index (χ4v) is 2.19. The van der Waals surface area contributed by atoms with E-state index in [1.54, 1.807) is 0 Å². The molecule has 0 saturated heterocycles. The third kappa shape index (κ3) is 2.95. The first-order valence-corrected chi connectivity index (χ1v) is 6.65. The van der Waals surface area contributed by atoms with Gasteiger partial charge in [-0.15, -0.1) is 0 Å². The molecule has 1 heterocycles. The van der Waals surface area contributed by atoms with E-state index >= 15 is 0 Å². The van der Waals surface area contributed by atoms with Gasteiger partial charge in [0.2, 0.25) is 0 Å². The van der Waals surface area contributed by atoms with E-state index in [9.17, 15) is 8.78 Å². The normalized spacial score (nSPS) is 11.7. The minimum atomic E-state index is -0.636. The summed E-state index contributed by atoms with van der Waals surface area (Å²) in [4.78, 5) is 0. The first kappa shape index (κ1) is 14.0. The number of hydrogen-bond acceptors (Lipinski definition) is 2. The topological polar surface area (TPSA) is 25.2 Å². The lowest BCUT2D eigenvalue weighted by atomic mass is 10.1. The Morgan fingerprint density at radius 2 is 2.00 bits per heavy atom. The predicted octanol–water partition coefficient (Wildman–Crippen LogP) is 4.16. The van der Waals surface area contributed by atoms with Crippen LogP contribution in [0.3, 0.4) is 0 Å². The molecule has 19 heavy (non-hydrogen) atoms. The van der Waals surface area contributed by atoms with Gasteiger partial charge in [-0.25, -0.2) is 8.78 Å². The van der Waals surface area contributed by atoms with Crippen molar-refractivity contribution in [2.24, 2.45) is 0 Å². The van der Waals surface area contributed by atoms with E-state index in [2.05, 4.69) is 5.32 Å². The summed E-state index contributed by atoms with van der Waals surface area (Å²) in [6.45, 7) is 6.63. The summed E-state index contributed by atoms with van der Waals surface area (Å²) in [7, 11) is 0. The molecule has 0 radical (unpaired) electrons. The minimum absolute atomic E-state index is 0.158. The Morgan fingerprint density at radius 3 is 2.63 bits per heavy atom. The standard InChI is InChI=1S/C15H19F2NO/c1-4-5-11-12-6-10(16)7-13(17)15(12)19-14(11)8-18-9(2)3/h6-7,9,18H,4-5,8H2,1-3H3. The molecule has 4 heteroatoms. The number of furan rings is 1. The SMILES string of the molecule is CCCc1c(CNC(C)C)oc2c(F)cc(F)cc12. The van der Waals surface area contributed by atoms with E-state index in [0.717, 1.165) is 24.5 Å². The number of fused-ring (bicyclic) bond motifs is 1. The molecule has 2 rings (SSSR count). The number of aryl methyl sites for hydroxylation is 1. The molecule has 1 N–H and O–H groups in total. The van der Waals surface area contributed by atoms with Gasteiger partial charge in [0.25, 0.3) is 0 Å². The molecule has 0 aliphatic carbocycles. The van der Waals surface area contributed by atoms with E-state index in [1.165, 1.54) is 6.07 Å². The molecule has 0 atom stereocenters. The molecule has 0 fully saturated rings. The van der Waals surface area contributed by atoms with Crippen molar-refractivity contribution in [3.8, 4) is 0 Å². The summed E-state index contributed by atoms with van der Waals surface area (Å²) in [5.74, 6) is -0.496. The van der Waals surface area contributed by atoms with Gasteiger partial charge in [0.05, 0.1) is 6.54 Å². The third-order valence-electron chi connectivity index (χ3n) is 3.07. The van der Waals surface area contributed by atoms with Gasteiger partial charge in [-0.05, 0) is 12.5 Å². The third-order valence-corrected chi connectivity index (χ3v) is 3.07. The van der Waals surface area contributed by atoms with E-state index in [-0.39, 0.29) is 5.58 Å². The van der Waals surface area contributed by atoms with E-state index in [0.29, 0.717) is 23.7 Å². The molecule has 0 spiro atoms. The molecule has 1 aromatic heterocycles. The average molecular weight is 267 g/mol. The van der Waals surface area contributed by atoms with Gasteiger partial charge in [0.15, 0.2) is 11.4 Å². The lowest BCUT2D eigenvalue weighted by molar-refractivity contribution is 0.470. The van der Waals surface area contributed by atoms with Crippen LogP contribution < -0.4 is 5.32 Å². The molecule has 2 nitrogen and oxygen atoms in total. The molecule has 0 saturated carbocycles. The van der Waals surface area contributed by atoms with Gasteiger partial charge in [-0.1, -0.05) is 27.2 Å². The molecular formula is C15H19F2NO. The van der Waals surface area contributed by atoms with Crippen LogP contribution in [0.25, 0.3) is 11.0 Å². The van der Waals surface area contributed by atoms with E-state index < -0.39 is 11.6 Å². The minimum Gasteiger partial charge on any atom is -0.456 e. The van der Waals surface area contributed by atoms with Gasteiger partial charge in [-0.2, -0.15) is 0 Å². The fourth-order valence-electron chi connectivity index (χ4n) is 2.19. The zero-order chi connectivity index (χ0) is 14.0. The molecule has 2 aromatic rings. The number of nitrogens with one attached hydrogen (secondary N) is 1. The van der Waals surface area contributed by atoms with Crippen LogP contribution in [0.5, 0.6) is 0 Å². The van der Waals surface area contributed by atoms with Crippen LogP contribution >= 0.6 is 0 Å². The highest BCUT2D eigenvalue weighted by molar-refractivity contribution is 5.83. The van der Waals surface area contributed by atoms with Gasteiger partial charge in [-0.3, -0.25) is 0 Å². The second-order valence-corrected chi connectivity index (χ2v) is 5.05. The maximum absolute atomic E-state index is 13.7. The molecule has 0 amide bonds. The summed E-state index contributed by atoms with van der Waals surface area (Å²) >= 11 is 0. The van der Waals surface area contributed by atoms with Crippen LogP contribution in [-0.2, 0) is 13.0 Å². The maximum atomic E-state index is 13.7. The highest BCUT2D eigenvalue weighted by atomic mass is 19.1. The maximum Gasteiger partial charge on any atom is 0.170 e. The molecule has 1 aromatic carbocycles. The molecule has 0 unspecified atom stereocenters. The Bertz CT molecular complexity index is 575. The first-order valence-electron chi connectivity index (χ1n) is 6.65. The van der Waals surface area contributed by atoms with Gasteiger partial charge in [0.1, 0.15) is 11.6 Å². The second kappa shape index (κ2) is 5.70. The van der Waals surface area contributed by atoms with Crippen molar-refractivity contribution >= 4 is 11.0 Å². The lowest BCUT2D eigenvalue weighted by Gasteiger charge is -2.07. The second-order valence-electron chi connectivity index (χ2n) is 5.05. The summed E-state index contributed by atoms with van der Waals surface area (Å²) in [5, 5.41) is 3.80. The number of hydrogen-bond donors (Lipinski definition) is 1. The Kier molecular flexibility index (Phi) is 4.20. The van der Waals surface area contributed by atoms with Crippen molar-refractivity contribution < 1.29 is 13.2 Å². The first-order chi connectivity index (χ1) is 9.02. The zero-order valence-electron chi connectivity index (χ0n) is 11.5. The molecule has 104 valence electrons. The van der Waals surface area contributed by atoms with Crippen molar-refractivity contribution in [3.05, 3.63) is 35.1 Å². The van der Waals surface area contributed by atoms with Crippen LogP contribution in [0.2, 0.25) is 0 Å². The van der Waals surface area contributed by atoms with Crippen LogP contribution in [0, 0.1) is 11.6 Å². The van der Waals surface area contributed by atoms with Gasteiger partial charge in [0, 0.05) is 23.1 Å². The van der Waals surface area contributed by atoms with Crippen LogP contribution in [0.15, 0.2) is 16.5 Å². The Morgan fingerprint density at radius 1 is 1.26 bits per heavy atom. The highest BCUT2D eigenvalue weighted by Gasteiger charge is 2.17. The molecule has 0 bridgehead atoms. The number of halogens is 2. The van der Waals surface area contributed by atoms with E-state index in [1.807, 2.05) is 20.8 Å². The zero-order valence-corrected chi connectivity index (χ0v) is 11.5.